The smallest absolute Gasteiger partial charge is 0.421 e. The first-order valence-corrected chi connectivity index (χ1v) is 11.8. The molecule has 0 aromatic heterocycles. The van der Waals surface area contributed by atoms with Crippen molar-refractivity contribution in [3.05, 3.63) is 4.13 Å². The first kappa shape index (κ1) is 28.4. The maximum absolute atomic E-state index is 11.4. The minimum atomic E-state index is -6.72. The maximum Gasteiger partial charge on any atom is 0.480 e. The summed E-state index contributed by atoms with van der Waals surface area (Å²) in [6.07, 6.45) is 7.08. The van der Waals surface area contributed by atoms with Crippen LogP contribution in [0.3, 0.4) is 0 Å². The molecule has 1 rings (SSSR count). The third-order valence-corrected chi connectivity index (χ3v) is 6.98. The van der Waals surface area contributed by atoms with Crippen LogP contribution in [0.2, 0.25) is 0 Å². The standard InChI is InChI=1S/C12H27N2.C2F6NO4S2/c1-3-4-5-6-7-10-14(2)11-8-13-9-12-14;3-1(4,5)14(10,11)9-15(12,13)2(6,7)8/h13H,3-12H2,1-2H3;/q+1;-1. The lowest BCUT2D eigenvalue weighted by molar-refractivity contribution is -0.911. The Morgan fingerprint density at radius 2 is 1.24 bits per heavy atom. The van der Waals surface area contributed by atoms with Crippen molar-refractivity contribution in [2.45, 2.75) is 50.0 Å². The largest absolute Gasteiger partial charge is 0.480 e. The van der Waals surface area contributed by atoms with Crippen LogP contribution in [0.4, 0.5) is 26.3 Å². The van der Waals surface area contributed by atoms with Gasteiger partial charge in [0.15, 0.2) is 20.0 Å². The van der Waals surface area contributed by atoms with E-state index in [1.807, 2.05) is 0 Å². The third kappa shape index (κ3) is 10.3. The van der Waals surface area contributed by atoms with Crippen LogP contribution in [0.15, 0.2) is 0 Å². The van der Waals surface area contributed by atoms with Gasteiger partial charge in [0.2, 0.25) is 0 Å². The lowest BCUT2D eigenvalue weighted by Gasteiger charge is -2.38. The van der Waals surface area contributed by atoms with E-state index in [0.29, 0.717) is 0 Å². The van der Waals surface area contributed by atoms with Gasteiger partial charge >= 0.3 is 11.0 Å². The number of piperazine rings is 1. The topological polar surface area (TPSA) is 94.4 Å². The van der Waals surface area contributed by atoms with E-state index in [0.717, 1.165) is 4.13 Å². The number of halogens is 6. The Kier molecular flexibility index (Phi) is 10.9. The molecule has 0 bridgehead atoms. The lowest BCUT2D eigenvalue weighted by atomic mass is 10.1. The Hall–Kier alpha value is -0.640. The summed E-state index contributed by atoms with van der Waals surface area (Å²) in [5.41, 5.74) is -12.4. The first-order chi connectivity index (χ1) is 13.0. The number of likely N-dealkylation sites (N-methyl/N-ethyl adjacent to an activating group) is 1. The minimum absolute atomic E-state index is 0.778. The van der Waals surface area contributed by atoms with E-state index in [2.05, 4.69) is 19.3 Å². The highest BCUT2D eigenvalue weighted by Crippen LogP contribution is 2.36. The Balaban J connectivity index is 0.000000541. The van der Waals surface area contributed by atoms with Gasteiger partial charge in [0, 0.05) is 13.1 Å². The monoisotopic (exact) mass is 479 g/mol. The average molecular weight is 480 g/mol. The molecular formula is C14H27F6N3O4S2. The zero-order valence-electron chi connectivity index (χ0n) is 16.2. The van der Waals surface area contributed by atoms with Crippen molar-refractivity contribution in [3.63, 3.8) is 0 Å². The van der Waals surface area contributed by atoms with Crippen LogP contribution in [0.25, 0.3) is 4.13 Å². The summed E-state index contributed by atoms with van der Waals surface area (Å²) in [6, 6.07) is 0. The molecule has 0 spiro atoms. The minimum Gasteiger partial charge on any atom is -0.421 e. The lowest BCUT2D eigenvalue weighted by Crippen LogP contribution is -2.56. The summed E-state index contributed by atoms with van der Waals surface area (Å²) in [7, 11) is -11.0. The fourth-order valence-corrected chi connectivity index (χ4v) is 4.18. The Morgan fingerprint density at radius 1 is 0.828 bits per heavy atom. The first-order valence-electron chi connectivity index (χ1n) is 8.88. The van der Waals surface area contributed by atoms with Crippen molar-refractivity contribution in [1.29, 1.82) is 0 Å². The van der Waals surface area contributed by atoms with Gasteiger partial charge in [0.25, 0.3) is 0 Å². The highest BCUT2D eigenvalue weighted by atomic mass is 32.3. The number of nitrogens with zero attached hydrogens (tertiary/aromatic N) is 2. The van der Waals surface area contributed by atoms with E-state index in [9.17, 15) is 43.2 Å². The van der Waals surface area contributed by atoms with E-state index in [-0.39, 0.29) is 0 Å². The quantitative estimate of drug-likeness (QED) is 0.328. The number of sulfonamides is 2. The molecule has 0 atom stereocenters. The summed E-state index contributed by atoms with van der Waals surface area (Å²) >= 11 is 0. The van der Waals surface area contributed by atoms with Crippen LogP contribution in [-0.4, -0.2) is 72.1 Å². The second-order valence-electron chi connectivity index (χ2n) is 6.87. The van der Waals surface area contributed by atoms with E-state index in [4.69, 9.17) is 0 Å². The molecule has 0 saturated carbocycles. The molecule has 0 amide bonds. The second kappa shape index (κ2) is 11.1. The predicted molar refractivity (Wildman–Crippen MR) is 95.7 cm³/mol. The van der Waals surface area contributed by atoms with Gasteiger partial charge in [0.05, 0.1) is 26.7 Å². The van der Waals surface area contributed by atoms with Crippen molar-refractivity contribution in [3.8, 4) is 0 Å². The highest BCUT2D eigenvalue weighted by molar-refractivity contribution is 8.13. The maximum atomic E-state index is 11.4. The molecule has 0 aromatic rings. The third-order valence-electron chi connectivity index (χ3n) is 4.24. The number of nitrogens with one attached hydrogen (secondary N) is 1. The van der Waals surface area contributed by atoms with Gasteiger partial charge in [-0.2, -0.15) is 26.3 Å². The van der Waals surface area contributed by atoms with Crippen LogP contribution < -0.4 is 5.32 Å². The fourth-order valence-electron chi connectivity index (χ4n) is 2.47. The van der Waals surface area contributed by atoms with E-state index >= 15 is 0 Å². The predicted octanol–water partition coefficient (Wildman–Crippen LogP) is 3.07. The number of rotatable bonds is 8. The summed E-state index contributed by atoms with van der Waals surface area (Å²) in [4.78, 5) is 0. The molecule has 1 aliphatic heterocycles. The van der Waals surface area contributed by atoms with Gasteiger partial charge in [0.1, 0.15) is 0 Å². The van der Waals surface area contributed by atoms with Crippen molar-refractivity contribution in [2.24, 2.45) is 0 Å². The molecule has 1 saturated heterocycles. The highest BCUT2D eigenvalue weighted by Gasteiger charge is 2.46. The molecule has 0 aromatic carbocycles. The molecule has 1 aliphatic rings. The Bertz CT molecular complexity index is 645. The SMILES string of the molecule is CCCCCCC[N+]1(C)CCNCC1.O=S(=O)([N-]S(=O)(=O)C(F)(F)F)C(F)(F)F. The zero-order valence-corrected chi connectivity index (χ0v) is 17.8. The van der Waals surface area contributed by atoms with Crippen LogP contribution in [0.1, 0.15) is 39.0 Å². The van der Waals surface area contributed by atoms with Crippen molar-refractivity contribution < 1.29 is 47.7 Å². The molecule has 1 heterocycles. The summed E-state index contributed by atoms with van der Waals surface area (Å²) in [5.74, 6) is 0. The molecular weight excluding hydrogens is 452 g/mol. The van der Waals surface area contributed by atoms with E-state index < -0.39 is 31.1 Å². The summed E-state index contributed by atoms with van der Waals surface area (Å²) in [6.45, 7) is 8.76. The molecule has 0 unspecified atom stereocenters. The molecule has 176 valence electrons. The van der Waals surface area contributed by atoms with Crippen LogP contribution in [0, 0.1) is 0 Å². The van der Waals surface area contributed by atoms with Gasteiger partial charge in [-0.15, -0.1) is 0 Å². The average Bonchev–Trinajstić information content (AvgIpc) is 2.53. The molecule has 0 aliphatic carbocycles. The van der Waals surface area contributed by atoms with Crippen LogP contribution >= 0.6 is 0 Å². The molecule has 15 heteroatoms. The van der Waals surface area contributed by atoms with Gasteiger partial charge in [-0.25, -0.2) is 16.8 Å². The number of hydrogen-bond donors (Lipinski definition) is 1. The fraction of sp³-hybridized carbons (Fsp3) is 1.00. The van der Waals surface area contributed by atoms with Gasteiger partial charge in [-0.1, -0.05) is 26.2 Å². The summed E-state index contributed by atoms with van der Waals surface area (Å²) in [5, 5.41) is 3.44. The Labute approximate surface area is 167 Å². The normalized spacial score (nSPS) is 18.1. The van der Waals surface area contributed by atoms with Crippen LogP contribution in [0.5, 0.6) is 0 Å². The number of alkyl halides is 6. The molecule has 7 nitrogen and oxygen atoms in total. The number of hydrogen-bond acceptors (Lipinski definition) is 5. The molecule has 0 radical (unpaired) electrons. The van der Waals surface area contributed by atoms with Gasteiger partial charge in [-0.05, 0) is 12.8 Å². The Morgan fingerprint density at radius 3 is 1.62 bits per heavy atom. The molecule has 1 fully saturated rings. The zero-order chi connectivity index (χ0) is 23.0. The number of quaternary nitrogens is 1. The van der Waals surface area contributed by atoms with E-state index in [1.165, 1.54) is 69.3 Å². The van der Waals surface area contributed by atoms with Crippen LogP contribution in [-0.2, 0) is 20.0 Å². The molecule has 29 heavy (non-hydrogen) atoms. The van der Waals surface area contributed by atoms with E-state index in [1.54, 1.807) is 0 Å². The number of unbranched alkanes of at least 4 members (excludes halogenated alkanes) is 4. The van der Waals surface area contributed by atoms with Gasteiger partial charge in [-0.3, -0.25) is 0 Å². The van der Waals surface area contributed by atoms with Crippen molar-refractivity contribution in [2.75, 3.05) is 39.8 Å². The molecule has 1 N–H and O–H groups in total. The van der Waals surface area contributed by atoms with Gasteiger partial charge < -0.3 is 13.9 Å². The van der Waals surface area contributed by atoms with Crippen molar-refractivity contribution in [1.82, 2.24) is 5.32 Å². The van der Waals surface area contributed by atoms with Crippen molar-refractivity contribution >= 4 is 20.0 Å². The summed E-state index contributed by atoms with van der Waals surface area (Å²) < 4.78 is 110. The second-order valence-corrected chi connectivity index (χ2v) is 10.3.